The molecular formula is C24H27FN4O4. The van der Waals surface area contributed by atoms with Crippen LogP contribution < -0.4 is 15.4 Å². The van der Waals surface area contributed by atoms with Gasteiger partial charge >= 0.3 is 0 Å². The number of hydrogen-bond donors (Lipinski definition) is 2. The van der Waals surface area contributed by atoms with Crippen LogP contribution in [0, 0.1) is 5.82 Å². The van der Waals surface area contributed by atoms with Crippen LogP contribution in [0.15, 0.2) is 36.4 Å². The van der Waals surface area contributed by atoms with E-state index in [9.17, 15) is 18.8 Å². The van der Waals surface area contributed by atoms with Crippen LogP contribution in [0.3, 0.4) is 0 Å². The summed E-state index contributed by atoms with van der Waals surface area (Å²) in [6.07, 6.45) is 0.507. The summed E-state index contributed by atoms with van der Waals surface area (Å²) in [4.78, 5) is 40.2. The molecule has 2 heterocycles. The van der Waals surface area contributed by atoms with E-state index in [2.05, 4.69) is 10.6 Å². The minimum Gasteiger partial charge on any atom is -0.492 e. The van der Waals surface area contributed by atoms with Crippen LogP contribution in [0.4, 0.5) is 10.1 Å². The van der Waals surface area contributed by atoms with Gasteiger partial charge in [0.15, 0.2) is 0 Å². The average molecular weight is 455 g/mol. The van der Waals surface area contributed by atoms with Gasteiger partial charge in [0.25, 0.3) is 5.91 Å². The van der Waals surface area contributed by atoms with Crippen molar-refractivity contribution in [2.75, 3.05) is 32.6 Å². The molecule has 3 amide bonds. The van der Waals surface area contributed by atoms with Crippen molar-refractivity contribution in [2.45, 2.75) is 32.0 Å². The minimum absolute atomic E-state index is 0.202. The van der Waals surface area contributed by atoms with Gasteiger partial charge in [0.05, 0.1) is 0 Å². The van der Waals surface area contributed by atoms with Crippen molar-refractivity contribution in [3.05, 3.63) is 58.9 Å². The van der Waals surface area contributed by atoms with Crippen molar-refractivity contribution in [1.82, 2.24) is 15.1 Å². The van der Waals surface area contributed by atoms with Crippen molar-refractivity contribution < 1.29 is 23.5 Å². The summed E-state index contributed by atoms with van der Waals surface area (Å²) in [6, 6.07) is 9.27. The van der Waals surface area contributed by atoms with Crippen LogP contribution >= 0.6 is 0 Å². The third kappa shape index (κ3) is 4.98. The Balaban J connectivity index is 1.46. The Morgan fingerprint density at radius 2 is 2.03 bits per heavy atom. The molecule has 0 aromatic heterocycles. The lowest BCUT2D eigenvalue weighted by atomic mass is 10.0. The van der Waals surface area contributed by atoms with Gasteiger partial charge in [0.1, 0.15) is 24.2 Å². The molecule has 0 bridgehead atoms. The lowest BCUT2D eigenvalue weighted by molar-refractivity contribution is -0.136. The first-order chi connectivity index (χ1) is 15.8. The number of benzene rings is 2. The molecule has 8 nitrogen and oxygen atoms in total. The summed E-state index contributed by atoms with van der Waals surface area (Å²) in [5, 5.41) is 5.53. The largest absolute Gasteiger partial charge is 0.492 e. The normalized spacial score (nSPS) is 17.9. The zero-order chi connectivity index (χ0) is 23.5. The third-order valence-corrected chi connectivity index (χ3v) is 5.88. The SMILES string of the molecule is CN(C)CCOc1ccc(F)c(CNc2cccc3c2CN([C@H]2CCC(=O)NC2=O)C3=O)c1. The molecule has 0 spiro atoms. The molecule has 0 aliphatic carbocycles. The fourth-order valence-electron chi connectivity index (χ4n) is 4.06. The Bertz CT molecular complexity index is 1090. The van der Waals surface area contributed by atoms with Crippen LogP contribution in [-0.4, -0.2) is 60.8 Å². The van der Waals surface area contributed by atoms with Crippen molar-refractivity contribution >= 4 is 23.4 Å². The quantitative estimate of drug-likeness (QED) is 0.594. The van der Waals surface area contributed by atoms with Crippen LogP contribution in [0.1, 0.15) is 34.3 Å². The molecule has 33 heavy (non-hydrogen) atoms. The zero-order valence-corrected chi connectivity index (χ0v) is 18.7. The van der Waals surface area contributed by atoms with Crippen molar-refractivity contribution in [3.63, 3.8) is 0 Å². The summed E-state index contributed by atoms with van der Waals surface area (Å²) in [7, 11) is 3.90. The Morgan fingerprint density at radius 3 is 2.79 bits per heavy atom. The second kappa shape index (κ2) is 9.58. The molecule has 2 aromatic rings. The van der Waals surface area contributed by atoms with Crippen LogP contribution in [-0.2, 0) is 22.7 Å². The van der Waals surface area contributed by atoms with Gasteiger partial charge in [-0.15, -0.1) is 0 Å². The number of fused-ring (bicyclic) bond motifs is 1. The lowest BCUT2D eigenvalue weighted by Crippen LogP contribution is -2.52. The number of nitrogens with one attached hydrogen (secondary N) is 2. The maximum atomic E-state index is 14.4. The summed E-state index contributed by atoms with van der Waals surface area (Å²) in [5.74, 6) is -0.776. The molecule has 2 aliphatic rings. The fraction of sp³-hybridized carbons (Fsp3) is 0.375. The number of anilines is 1. The number of imide groups is 1. The molecule has 2 aromatic carbocycles. The topological polar surface area (TPSA) is 91.0 Å². The van der Waals surface area contributed by atoms with Gasteiger partial charge in [-0.25, -0.2) is 4.39 Å². The van der Waals surface area contributed by atoms with Crippen LogP contribution in [0.5, 0.6) is 5.75 Å². The van der Waals surface area contributed by atoms with E-state index >= 15 is 0 Å². The maximum absolute atomic E-state index is 14.4. The highest BCUT2D eigenvalue weighted by molar-refractivity contribution is 6.06. The lowest BCUT2D eigenvalue weighted by Gasteiger charge is -2.29. The molecule has 0 radical (unpaired) electrons. The monoisotopic (exact) mass is 454 g/mol. The third-order valence-electron chi connectivity index (χ3n) is 5.88. The minimum atomic E-state index is -0.677. The van der Waals surface area contributed by atoms with E-state index in [1.807, 2.05) is 25.1 Å². The van der Waals surface area contributed by atoms with Gasteiger partial charge in [-0.05, 0) is 50.8 Å². The van der Waals surface area contributed by atoms with E-state index in [1.165, 1.54) is 11.0 Å². The number of halogens is 1. The molecule has 4 rings (SSSR count). The molecular weight excluding hydrogens is 427 g/mol. The van der Waals surface area contributed by atoms with Crippen molar-refractivity contribution in [3.8, 4) is 5.75 Å². The van der Waals surface area contributed by atoms with E-state index in [-0.39, 0.29) is 37.1 Å². The predicted octanol–water partition coefficient (Wildman–Crippen LogP) is 2.14. The highest BCUT2D eigenvalue weighted by Gasteiger charge is 2.39. The molecule has 174 valence electrons. The van der Waals surface area contributed by atoms with E-state index < -0.39 is 11.9 Å². The van der Waals surface area contributed by atoms with E-state index in [4.69, 9.17) is 4.74 Å². The van der Waals surface area contributed by atoms with E-state index in [0.29, 0.717) is 35.6 Å². The highest BCUT2D eigenvalue weighted by Crippen LogP contribution is 2.32. The van der Waals surface area contributed by atoms with Crippen LogP contribution in [0.2, 0.25) is 0 Å². The summed E-state index contributed by atoms with van der Waals surface area (Å²) in [5.41, 5.74) is 2.41. The molecule has 2 aliphatic heterocycles. The molecule has 1 saturated heterocycles. The van der Waals surface area contributed by atoms with Crippen molar-refractivity contribution in [1.29, 1.82) is 0 Å². The molecule has 2 N–H and O–H groups in total. The van der Waals surface area contributed by atoms with Gasteiger partial charge in [-0.3, -0.25) is 19.7 Å². The van der Waals surface area contributed by atoms with E-state index in [1.54, 1.807) is 24.3 Å². The van der Waals surface area contributed by atoms with E-state index in [0.717, 1.165) is 12.1 Å². The van der Waals surface area contributed by atoms with Crippen LogP contribution in [0.25, 0.3) is 0 Å². The molecule has 0 saturated carbocycles. The average Bonchev–Trinajstić information content (AvgIpc) is 3.11. The zero-order valence-electron chi connectivity index (χ0n) is 18.7. The molecule has 9 heteroatoms. The smallest absolute Gasteiger partial charge is 0.255 e. The Labute approximate surface area is 191 Å². The molecule has 0 unspecified atom stereocenters. The number of carbonyl (C=O) groups is 3. The number of rotatable bonds is 8. The fourth-order valence-corrected chi connectivity index (χ4v) is 4.06. The highest BCUT2D eigenvalue weighted by atomic mass is 19.1. The number of likely N-dealkylation sites (N-methyl/N-ethyl adjacent to an activating group) is 1. The van der Waals surface area contributed by atoms with Gasteiger partial charge in [-0.2, -0.15) is 0 Å². The first-order valence-electron chi connectivity index (χ1n) is 10.9. The Morgan fingerprint density at radius 1 is 1.21 bits per heavy atom. The van der Waals surface area contributed by atoms with Gasteiger partial charge < -0.3 is 19.9 Å². The standard InChI is InChI=1S/C24H27FN4O4/c1-28(2)10-11-33-16-6-7-19(25)15(12-16)13-26-20-5-3-4-17-18(20)14-29(24(17)32)21-8-9-22(30)27-23(21)31/h3-7,12,21,26H,8-11,13-14H2,1-2H3,(H,27,30,31)/t21-/m0/s1. The molecule has 1 fully saturated rings. The number of ether oxygens (including phenoxy) is 1. The predicted molar refractivity (Wildman–Crippen MR) is 120 cm³/mol. The van der Waals surface area contributed by atoms with Gasteiger partial charge in [0.2, 0.25) is 11.8 Å². The Kier molecular flexibility index (Phi) is 6.60. The first-order valence-corrected chi connectivity index (χ1v) is 10.9. The Hall–Kier alpha value is -3.46. The second-order valence-electron chi connectivity index (χ2n) is 8.49. The number of hydrogen-bond acceptors (Lipinski definition) is 6. The number of amides is 3. The first kappa shape index (κ1) is 22.7. The summed E-state index contributed by atoms with van der Waals surface area (Å²) in [6.45, 7) is 1.70. The number of piperidine rings is 1. The number of carbonyl (C=O) groups excluding carboxylic acids is 3. The summed E-state index contributed by atoms with van der Waals surface area (Å²) >= 11 is 0. The second-order valence-corrected chi connectivity index (χ2v) is 8.49. The van der Waals surface area contributed by atoms with Gasteiger partial charge in [0, 0.05) is 48.4 Å². The summed E-state index contributed by atoms with van der Waals surface area (Å²) < 4.78 is 20.1. The van der Waals surface area contributed by atoms with Gasteiger partial charge in [-0.1, -0.05) is 6.07 Å². The molecule has 1 atom stereocenters. The number of nitrogens with zero attached hydrogens (tertiary/aromatic N) is 2. The van der Waals surface area contributed by atoms with Crippen molar-refractivity contribution in [2.24, 2.45) is 0 Å². The maximum Gasteiger partial charge on any atom is 0.255 e.